The van der Waals surface area contributed by atoms with Gasteiger partial charge in [-0.15, -0.1) is 0 Å². The van der Waals surface area contributed by atoms with Crippen LogP contribution in [0, 0.1) is 0 Å². The lowest BCUT2D eigenvalue weighted by Crippen LogP contribution is -2.61. The second kappa shape index (κ2) is 55.4. The van der Waals surface area contributed by atoms with Crippen molar-refractivity contribution in [1.29, 1.82) is 0 Å². The van der Waals surface area contributed by atoms with Crippen LogP contribution < -0.4 is 0 Å². The van der Waals surface area contributed by atoms with Crippen molar-refractivity contribution in [3.8, 4) is 0 Å². The Morgan fingerprint density at radius 3 is 1.27 bits per heavy atom. The topological polar surface area (TPSA) is 175 Å². The van der Waals surface area contributed by atoms with Crippen LogP contribution in [-0.4, -0.2) is 89.2 Å². The molecule has 1 aliphatic rings. The number of aliphatic hydroxyl groups excluding tert-OH is 2. The number of carbonyl (C=O) groups excluding carboxylic acids is 3. The number of unbranched alkanes of at least 4 members (excludes halogenated alkanes) is 15. The smallest absolute Gasteiger partial charge is 0.335 e. The maximum Gasteiger partial charge on any atom is 0.335 e. The minimum atomic E-state index is -1.94. The van der Waals surface area contributed by atoms with E-state index >= 15 is 0 Å². The number of ether oxygens (including phenoxy) is 5. The average Bonchev–Trinajstić information content (AvgIpc) is 3.54. The van der Waals surface area contributed by atoms with E-state index in [-0.39, 0.29) is 25.9 Å². The van der Waals surface area contributed by atoms with Crippen LogP contribution in [0.25, 0.3) is 0 Å². The lowest BCUT2D eigenvalue weighted by Gasteiger charge is -2.40. The van der Waals surface area contributed by atoms with E-state index < -0.39 is 67.3 Å². The molecule has 1 saturated heterocycles. The first kappa shape index (κ1) is 73.9. The molecule has 0 spiro atoms. The Bertz CT molecular complexity index is 1920. The number of carboxylic acid groups (broad SMARTS) is 1. The number of carbonyl (C=O) groups is 4. The number of allylic oxidation sites excluding steroid dienone is 22. The molecule has 0 aromatic heterocycles. The predicted octanol–water partition coefficient (Wildman–Crippen LogP) is 16.6. The van der Waals surface area contributed by atoms with E-state index in [0.29, 0.717) is 25.7 Å². The highest BCUT2D eigenvalue weighted by Crippen LogP contribution is 2.26. The third kappa shape index (κ3) is 45.1. The zero-order valence-electron chi connectivity index (χ0n) is 50.2. The molecule has 0 amide bonds. The zero-order chi connectivity index (χ0) is 58.9. The number of hydrogen-bond acceptors (Lipinski definition) is 11. The van der Waals surface area contributed by atoms with Gasteiger partial charge in [-0.3, -0.25) is 14.4 Å². The van der Waals surface area contributed by atoms with Gasteiger partial charge in [-0.2, -0.15) is 0 Å². The molecule has 456 valence electrons. The summed E-state index contributed by atoms with van der Waals surface area (Å²) in [7, 11) is 0. The Balaban J connectivity index is 2.75. The number of aliphatic carboxylic acids is 1. The van der Waals surface area contributed by atoms with Crippen molar-refractivity contribution in [1.82, 2.24) is 0 Å². The molecule has 3 N–H and O–H groups in total. The van der Waals surface area contributed by atoms with Gasteiger partial charge in [0.1, 0.15) is 18.8 Å². The van der Waals surface area contributed by atoms with Gasteiger partial charge in [0, 0.05) is 19.3 Å². The van der Waals surface area contributed by atoms with Gasteiger partial charge < -0.3 is 39.0 Å². The van der Waals surface area contributed by atoms with Crippen LogP contribution in [0.15, 0.2) is 134 Å². The molecule has 12 heteroatoms. The Morgan fingerprint density at radius 2 is 0.802 bits per heavy atom. The molecule has 0 aromatic rings. The lowest BCUT2D eigenvalue weighted by atomic mass is 9.98. The predicted molar refractivity (Wildman–Crippen MR) is 330 cm³/mol. The summed E-state index contributed by atoms with van der Waals surface area (Å²) in [6, 6.07) is 0. The largest absolute Gasteiger partial charge is 0.479 e. The van der Waals surface area contributed by atoms with E-state index in [9.17, 15) is 34.5 Å². The number of hydrogen-bond donors (Lipinski definition) is 3. The summed E-state index contributed by atoms with van der Waals surface area (Å²) in [6.07, 6.45) is 65.7. The van der Waals surface area contributed by atoms with Crippen molar-refractivity contribution in [2.45, 2.75) is 263 Å². The summed E-state index contributed by atoms with van der Waals surface area (Å²) in [5, 5.41) is 31.5. The van der Waals surface area contributed by atoms with Gasteiger partial charge in [-0.1, -0.05) is 219 Å². The molecule has 81 heavy (non-hydrogen) atoms. The molecule has 0 saturated carbocycles. The first-order valence-electron chi connectivity index (χ1n) is 31.2. The SMILES string of the molecule is CC/C=C\C/C=C\C/C=C\C/C=C\C/C=C\C/C=C\CCC(=O)OC1C(OCC(COC(=O)CCCCCCCCC/C=C\CCCCCCCC)OC(=O)CCCC/C=C\C/C=C\C/C=C\C/C=C\CC)OC(C(=O)O)C(O)C1O. The summed E-state index contributed by atoms with van der Waals surface area (Å²) >= 11 is 0. The first-order chi connectivity index (χ1) is 39.6. The van der Waals surface area contributed by atoms with E-state index in [4.69, 9.17) is 23.7 Å². The molecule has 0 aliphatic carbocycles. The molecule has 1 fully saturated rings. The maximum absolute atomic E-state index is 13.2. The molecular weight excluding hydrogens is 1020 g/mol. The van der Waals surface area contributed by atoms with Crippen molar-refractivity contribution < 1.29 is 58.2 Å². The number of aliphatic hydroxyl groups is 2. The van der Waals surface area contributed by atoms with Gasteiger partial charge in [0.05, 0.1) is 6.61 Å². The summed E-state index contributed by atoms with van der Waals surface area (Å²) in [6.45, 7) is 5.69. The number of rotatable bonds is 51. The van der Waals surface area contributed by atoms with Crippen LogP contribution in [0.1, 0.15) is 226 Å². The van der Waals surface area contributed by atoms with Gasteiger partial charge >= 0.3 is 23.9 Å². The van der Waals surface area contributed by atoms with E-state index in [1.54, 1.807) is 0 Å². The second-order valence-electron chi connectivity index (χ2n) is 20.6. The van der Waals surface area contributed by atoms with Gasteiger partial charge in [0.15, 0.2) is 24.6 Å². The molecule has 12 nitrogen and oxygen atoms in total. The maximum atomic E-state index is 13.2. The molecule has 0 aromatic carbocycles. The van der Waals surface area contributed by atoms with Gasteiger partial charge in [0.2, 0.25) is 0 Å². The highest BCUT2D eigenvalue weighted by molar-refractivity contribution is 5.74. The summed E-state index contributed by atoms with van der Waals surface area (Å²) < 4.78 is 28.3. The molecular formula is C69H108O12. The van der Waals surface area contributed by atoms with Crippen molar-refractivity contribution >= 4 is 23.9 Å². The number of carboxylic acids is 1. The Morgan fingerprint density at radius 1 is 0.420 bits per heavy atom. The molecule has 1 aliphatic heterocycles. The van der Waals surface area contributed by atoms with E-state index in [0.717, 1.165) is 103 Å². The zero-order valence-corrected chi connectivity index (χ0v) is 50.2. The average molecular weight is 1130 g/mol. The molecule has 0 bridgehead atoms. The Hall–Kier alpha value is -5.14. The quantitative estimate of drug-likeness (QED) is 0.0228. The summed E-state index contributed by atoms with van der Waals surface area (Å²) in [4.78, 5) is 51.2. The van der Waals surface area contributed by atoms with Crippen LogP contribution in [0.3, 0.4) is 0 Å². The fourth-order valence-electron chi connectivity index (χ4n) is 8.50. The molecule has 1 heterocycles. The standard InChI is InChI=1S/C69H108O12/c1-4-7-10-13-16-19-22-25-28-30-31-33-36-39-42-45-48-51-54-57-63(72)80-67-65(74)64(73)66(68(75)76)81-69(67)78-59-60(79-62(71)56-53-50-47-44-41-38-34-27-24-21-18-15-12-9-6-3)58-77-61(70)55-52-49-46-43-40-37-35-32-29-26-23-20-17-14-11-8-5-2/h7,9-10,12,16,18-19,21,25-29,31,33-34,39,41-42,44,48,51,60,64-67,69,73-74H,4-6,8,11,13-15,17,20,22-24,30,32,35-38,40,43,45-47,49-50,52-59H2,1-3H3,(H,75,76)/b10-7-,12-9-,19-16-,21-18-,28-25-,29-26-,33-31-,34-27-,42-39-,44-41-,51-48-. The van der Waals surface area contributed by atoms with Crippen molar-refractivity contribution in [2.75, 3.05) is 13.2 Å². The van der Waals surface area contributed by atoms with Crippen LogP contribution in [0.5, 0.6) is 0 Å². The summed E-state index contributed by atoms with van der Waals surface area (Å²) in [5.41, 5.74) is 0. The minimum absolute atomic E-state index is 0.0771. The fraction of sp³-hybridized carbons (Fsp3) is 0.623. The fourth-order valence-corrected chi connectivity index (χ4v) is 8.50. The number of esters is 3. The highest BCUT2D eigenvalue weighted by Gasteiger charge is 2.50. The van der Waals surface area contributed by atoms with E-state index in [1.165, 1.54) is 57.8 Å². The monoisotopic (exact) mass is 1130 g/mol. The van der Waals surface area contributed by atoms with Crippen LogP contribution in [0.4, 0.5) is 0 Å². The highest BCUT2D eigenvalue weighted by atomic mass is 16.7. The molecule has 6 atom stereocenters. The normalized spacial score (nSPS) is 18.7. The minimum Gasteiger partial charge on any atom is -0.479 e. The van der Waals surface area contributed by atoms with Gasteiger partial charge in [-0.05, 0) is 122 Å². The van der Waals surface area contributed by atoms with Crippen molar-refractivity contribution in [2.24, 2.45) is 0 Å². The Labute approximate surface area is 490 Å². The summed E-state index contributed by atoms with van der Waals surface area (Å²) in [5.74, 6) is -3.31. The second-order valence-corrected chi connectivity index (χ2v) is 20.6. The van der Waals surface area contributed by atoms with Crippen molar-refractivity contribution in [3.63, 3.8) is 0 Å². The van der Waals surface area contributed by atoms with Gasteiger partial charge in [-0.25, -0.2) is 4.79 Å². The van der Waals surface area contributed by atoms with Crippen LogP contribution in [-0.2, 0) is 42.9 Å². The lowest BCUT2D eigenvalue weighted by molar-refractivity contribution is -0.301. The first-order valence-corrected chi connectivity index (χ1v) is 31.2. The Kier molecular flexibility index (Phi) is 50.5. The third-order valence-electron chi connectivity index (χ3n) is 13.2. The van der Waals surface area contributed by atoms with E-state index in [1.807, 2.05) is 18.2 Å². The van der Waals surface area contributed by atoms with Crippen LogP contribution >= 0.6 is 0 Å². The molecule has 6 unspecified atom stereocenters. The molecule has 1 rings (SSSR count). The van der Waals surface area contributed by atoms with Crippen molar-refractivity contribution in [3.05, 3.63) is 134 Å². The third-order valence-corrected chi connectivity index (χ3v) is 13.2. The van der Waals surface area contributed by atoms with Gasteiger partial charge in [0.25, 0.3) is 0 Å². The van der Waals surface area contributed by atoms with Crippen LogP contribution in [0.2, 0.25) is 0 Å². The van der Waals surface area contributed by atoms with E-state index in [2.05, 4.69) is 136 Å². The molecule has 0 radical (unpaired) electrons.